The van der Waals surface area contributed by atoms with E-state index >= 15 is 0 Å². The van der Waals surface area contributed by atoms with Crippen molar-refractivity contribution in [1.29, 1.82) is 0 Å². The number of aromatic nitrogens is 1. The SMILES string of the molecule is COc1cc(C=Cc2ccccn2)c(F)c(OC)c1C(C)C. The number of hydrogen-bond acceptors (Lipinski definition) is 3. The molecule has 2 rings (SSSR count). The Hall–Kier alpha value is -2.36. The van der Waals surface area contributed by atoms with Gasteiger partial charge in [-0.25, -0.2) is 4.39 Å². The van der Waals surface area contributed by atoms with E-state index in [4.69, 9.17) is 9.47 Å². The molecule has 22 heavy (non-hydrogen) atoms. The van der Waals surface area contributed by atoms with Gasteiger partial charge in [0.05, 0.1) is 19.9 Å². The molecule has 3 nitrogen and oxygen atoms in total. The molecule has 116 valence electrons. The zero-order valence-corrected chi connectivity index (χ0v) is 13.3. The molecular formula is C18H20FNO2. The monoisotopic (exact) mass is 301 g/mol. The van der Waals surface area contributed by atoms with E-state index in [0.29, 0.717) is 11.3 Å². The first-order chi connectivity index (χ1) is 10.6. The van der Waals surface area contributed by atoms with Crippen molar-refractivity contribution >= 4 is 12.2 Å². The normalized spacial score (nSPS) is 11.2. The van der Waals surface area contributed by atoms with Crippen LogP contribution in [0.4, 0.5) is 4.39 Å². The molecule has 0 aliphatic rings. The molecule has 4 heteroatoms. The first-order valence-corrected chi connectivity index (χ1v) is 7.12. The van der Waals surface area contributed by atoms with Gasteiger partial charge in [0.25, 0.3) is 0 Å². The van der Waals surface area contributed by atoms with Crippen molar-refractivity contribution in [3.63, 3.8) is 0 Å². The van der Waals surface area contributed by atoms with E-state index < -0.39 is 0 Å². The second-order valence-corrected chi connectivity index (χ2v) is 5.17. The van der Waals surface area contributed by atoms with Gasteiger partial charge in [0.2, 0.25) is 0 Å². The molecule has 1 heterocycles. The summed E-state index contributed by atoms with van der Waals surface area (Å²) in [6.45, 7) is 3.95. The topological polar surface area (TPSA) is 31.4 Å². The summed E-state index contributed by atoms with van der Waals surface area (Å²) < 4.78 is 25.3. The Morgan fingerprint density at radius 3 is 2.45 bits per heavy atom. The Balaban J connectivity index is 2.51. The summed E-state index contributed by atoms with van der Waals surface area (Å²) in [7, 11) is 3.04. The minimum Gasteiger partial charge on any atom is -0.496 e. The fourth-order valence-corrected chi connectivity index (χ4v) is 2.33. The van der Waals surface area contributed by atoms with Crippen LogP contribution < -0.4 is 9.47 Å². The average molecular weight is 301 g/mol. The van der Waals surface area contributed by atoms with Gasteiger partial charge in [-0.1, -0.05) is 19.9 Å². The van der Waals surface area contributed by atoms with Crippen LogP contribution in [0.3, 0.4) is 0 Å². The molecule has 0 spiro atoms. The molecule has 0 saturated carbocycles. The molecule has 1 aromatic heterocycles. The van der Waals surface area contributed by atoms with Crippen LogP contribution in [0, 0.1) is 5.82 Å². The molecule has 2 aromatic rings. The lowest BCUT2D eigenvalue weighted by Gasteiger charge is -2.18. The van der Waals surface area contributed by atoms with E-state index in [1.54, 1.807) is 31.5 Å². The molecule has 0 saturated heterocycles. The van der Waals surface area contributed by atoms with Gasteiger partial charge in [0, 0.05) is 17.3 Å². The maximum absolute atomic E-state index is 14.7. The van der Waals surface area contributed by atoms with Gasteiger partial charge in [-0.2, -0.15) is 0 Å². The maximum atomic E-state index is 14.7. The van der Waals surface area contributed by atoms with E-state index in [1.807, 2.05) is 32.0 Å². The Labute approximate surface area is 130 Å². The molecule has 0 bridgehead atoms. The molecule has 0 radical (unpaired) electrons. The number of rotatable bonds is 5. The summed E-state index contributed by atoms with van der Waals surface area (Å²) in [6, 6.07) is 7.26. The Kier molecular flexibility index (Phi) is 5.15. The van der Waals surface area contributed by atoms with E-state index in [-0.39, 0.29) is 17.5 Å². The van der Waals surface area contributed by atoms with Gasteiger partial charge < -0.3 is 9.47 Å². The van der Waals surface area contributed by atoms with Crippen LogP contribution in [0.5, 0.6) is 11.5 Å². The summed E-state index contributed by atoms with van der Waals surface area (Å²) in [5.74, 6) is 0.552. The maximum Gasteiger partial charge on any atom is 0.172 e. The Morgan fingerprint density at radius 2 is 1.91 bits per heavy atom. The van der Waals surface area contributed by atoms with Gasteiger partial charge in [0.15, 0.2) is 11.6 Å². The van der Waals surface area contributed by atoms with Crippen molar-refractivity contribution in [2.45, 2.75) is 19.8 Å². The van der Waals surface area contributed by atoms with Crippen molar-refractivity contribution in [3.05, 3.63) is 53.1 Å². The number of methoxy groups -OCH3 is 2. The lowest BCUT2D eigenvalue weighted by Crippen LogP contribution is -2.03. The smallest absolute Gasteiger partial charge is 0.172 e. The largest absolute Gasteiger partial charge is 0.496 e. The summed E-state index contributed by atoms with van der Waals surface area (Å²) in [6.07, 6.45) is 5.12. The second kappa shape index (κ2) is 7.07. The van der Waals surface area contributed by atoms with Crippen LogP contribution in [0.1, 0.15) is 36.6 Å². The first kappa shape index (κ1) is 16.0. The highest BCUT2D eigenvalue weighted by Crippen LogP contribution is 2.39. The molecule has 1 aromatic carbocycles. The van der Waals surface area contributed by atoms with Crippen LogP contribution in [0.2, 0.25) is 0 Å². The molecule has 0 N–H and O–H groups in total. The number of hydrogen-bond donors (Lipinski definition) is 0. The molecule has 0 atom stereocenters. The third-order valence-electron chi connectivity index (χ3n) is 3.37. The fourth-order valence-electron chi connectivity index (χ4n) is 2.33. The minimum atomic E-state index is -0.390. The summed E-state index contributed by atoms with van der Waals surface area (Å²) in [4.78, 5) is 4.18. The number of nitrogens with zero attached hydrogens (tertiary/aromatic N) is 1. The van der Waals surface area contributed by atoms with Crippen LogP contribution in [0.25, 0.3) is 12.2 Å². The summed E-state index contributed by atoms with van der Waals surface area (Å²) in [5, 5.41) is 0. The zero-order chi connectivity index (χ0) is 16.1. The van der Waals surface area contributed by atoms with E-state index in [0.717, 1.165) is 11.3 Å². The van der Waals surface area contributed by atoms with Crippen LogP contribution >= 0.6 is 0 Å². The Morgan fingerprint density at radius 1 is 1.14 bits per heavy atom. The third kappa shape index (κ3) is 3.27. The zero-order valence-electron chi connectivity index (χ0n) is 13.3. The summed E-state index contributed by atoms with van der Waals surface area (Å²) >= 11 is 0. The molecule has 0 aliphatic carbocycles. The van der Waals surface area contributed by atoms with Crippen molar-refractivity contribution in [1.82, 2.24) is 4.98 Å². The van der Waals surface area contributed by atoms with Gasteiger partial charge in [-0.15, -0.1) is 0 Å². The van der Waals surface area contributed by atoms with Crippen LogP contribution in [0.15, 0.2) is 30.5 Å². The highest BCUT2D eigenvalue weighted by Gasteiger charge is 2.20. The van der Waals surface area contributed by atoms with Gasteiger partial charge in [0.1, 0.15) is 5.75 Å². The second-order valence-electron chi connectivity index (χ2n) is 5.17. The van der Waals surface area contributed by atoms with Gasteiger partial charge >= 0.3 is 0 Å². The molecular weight excluding hydrogens is 281 g/mol. The van der Waals surface area contributed by atoms with Crippen LogP contribution in [-0.4, -0.2) is 19.2 Å². The quantitative estimate of drug-likeness (QED) is 0.813. The van der Waals surface area contributed by atoms with E-state index in [1.165, 1.54) is 7.11 Å². The number of pyridine rings is 1. The van der Waals surface area contributed by atoms with Gasteiger partial charge in [-0.3, -0.25) is 4.98 Å². The molecule has 0 amide bonds. The van der Waals surface area contributed by atoms with E-state index in [2.05, 4.69) is 4.98 Å². The predicted octanol–water partition coefficient (Wildman–Crippen LogP) is 4.53. The molecule has 0 aliphatic heterocycles. The number of halogens is 1. The third-order valence-corrected chi connectivity index (χ3v) is 3.37. The first-order valence-electron chi connectivity index (χ1n) is 7.12. The number of ether oxygens (including phenoxy) is 2. The Bertz CT molecular complexity index is 667. The molecule has 0 unspecified atom stereocenters. The number of benzene rings is 1. The average Bonchev–Trinajstić information content (AvgIpc) is 2.53. The fraction of sp³-hybridized carbons (Fsp3) is 0.278. The lowest BCUT2D eigenvalue weighted by atomic mass is 9.97. The van der Waals surface area contributed by atoms with Crippen molar-refractivity contribution < 1.29 is 13.9 Å². The van der Waals surface area contributed by atoms with E-state index in [9.17, 15) is 4.39 Å². The predicted molar refractivity (Wildman–Crippen MR) is 86.8 cm³/mol. The molecule has 0 fully saturated rings. The summed E-state index contributed by atoms with van der Waals surface area (Å²) in [5.41, 5.74) is 1.90. The van der Waals surface area contributed by atoms with Crippen molar-refractivity contribution in [2.75, 3.05) is 14.2 Å². The highest BCUT2D eigenvalue weighted by atomic mass is 19.1. The standard InChI is InChI=1S/C18H20FNO2/c1-12(2)16-15(21-3)11-13(17(19)18(16)22-4)8-9-14-7-5-6-10-20-14/h5-12H,1-4H3. The van der Waals surface area contributed by atoms with Crippen LogP contribution in [-0.2, 0) is 0 Å². The van der Waals surface area contributed by atoms with Gasteiger partial charge in [-0.05, 0) is 36.3 Å². The minimum absolute atomic E-state index is 0.0909. The highest BCUT2D eigenvalue weighted by molar-refractivity contribution is 5.71. The van der Waals surface area contributed by atoms with Crippen molar-refractivity contribution in [3.8, 4) is 11.5 Å². The lowest BCUT2D eigenvalue weighted by molar-refractivity contribution is 0.362. The van der Waals surface area contributed by atoms with Crippen molar-refractivity contribution in [2.24, 2.45) is 0 Å².